The number of aryl methyl sites for hydroxylation is 1. The third-order valence-corrected chi connectivity index (χ3v) is 3.42. The summed E-state index contributed by atoms with van der Waals surface area (Å²) in [6.45, 7) is 1.82. The van der Waals surface area contributed by atoms with E-state index >= 15 is 0 Å². The lowest BCUT2D eigenvalue weighted by Gasteiger charge is -2.01. The molecule has 0 unspecified atom stereocenters. The largest absolute Gasteiger partial charge is 0.441 e. The maximum Gasteiger partial charge on any atom is 0.273 e. The molecule has 3 heterocycles. The molecule has 6 heteroatoms. The molecular formula is C16H12N4O2. The van der Waals surface area contributed by atoms with E-state index in [0.29, 0.717) is 28.6 Å². The molecule has 22 heavy (non-hydrogen) atoms. The van der Waals surface area contributed by atoms with Crippen LogP contribution in [0, 0.1) is 6.92 Å². The van der Waals surface area contributed by atoms with E-state index in [0.717, 1.165) is 5.56 Å². The number of benzene rings is 1. The molecular weight excluding hydrogens is 280 g/mol. The van der Waals surface area contributed by atoms with Crippen LogP contribution in [0.2, 0.25) is 0 Å². The number of hydrogen-bond donors (Lipinski definition) is 1. The summed E-state index contributed by atoms with van der Waals surface area (Å²) in [5.74, 6) is 1.14. The van der Waals surface area contributed by atoms with Gasteiger partial charge in [-0.1, -0.05) is 30.3 Å². The molecule has 6 nitrogen and oxygen atoms in total. The predicted molar refractivity (Wildman–Crippen MR) is 81.5 cm³/mol. The normalized spacial score (nSPS) is 11.1. The van der Waals surface area contributed by atoms with Crippen LogP contribution in [-0.2, 0) is 0 Å². The molecule has 0 spiro atoms. The van der Waals surface area contributed by atoms with E-state index in [-0.39, 0.29) is 5.56 Å². The van der Waals surface area contributed by atoms with Crippen molar-refractivity contribution in [2.75, 3.05) is 0 Å². The number of hydrogen-bond acceptors (Lipinski definition) is 4. The average Bonchev–Trinajstić information content (AvgIpc) is 3.14. The SMILES string of the molecule is Cc1cnc(-c2c[nH]n3c(=O)cc(-c4ccccc4)nc23)o1. The Morgan fingerprint density at radius 2 is 2.05 bits per heavy atom. The first-order valence-corrected chi connectivity index (χ1v) is 6.82. The summed E-state index contributed by atoms with van der Waals surface area (Å²) in [5, 5.41) is 2.88. The summed E-state index contributed by atoms with van der Waals surface area (Å²) in [4.78, 5) is 21.0. The third kappa shape index (κ3) is 1.93. The molecule has 1 aromatic carbocycles. The van der Waals surface area contributed by atoms with Crippen LogP contribution in [0.4, 0.5) is 0 Å². The van der Waals surface area contributed by atoms with Crippen molar-refractivity contribution in [1.29, 1.82) is 0 Å². The van der Waals surface area contributed by atoms with Crippen LogP contribution in [-0.4, -0.2) is 19.6 Å². The molecule has 0 bridgehead atoms. The highest BCUT2D eigenvalue weighted by Crippen LogP contribution is 2.24. The molecule has 0 fully saturated rings. The maximum absolute atomic E-state index is 12.3. The van der Waals surface area contributed by atoms with E-state index < -0.39 is 0 Å². The second kappa shape index (κ2) is 4.70. The van der Waals surface area contributed by atoms with Crippen molar-refractivity contribution in [2.24, 2.45) is 0 Å². The molecule has 0 saturated carbocycles. The van der Waals surface area contributed by atoms with E-state index in [2.05, 4.69) is 15.1 Å². The van der Waals surface area contributed by atoms with E-state index in [4.69, 9.17) is 4.42 Å². The van der Waals surface area contributed by atoms with Crippen LogP contribution < -0.4 is 5.56 Å². The van der Waals surface area contributed by atoms with Gasteiger partial charge < -0.3 is 4.42 Å². The van der Waals surface area contributed by atoms with Gasteiger partial charge in [0.2, 0.25) is 5.89 Å². The fraction of sp³-hybridized carbons (Fsp3) is 0.0625. The summed E-state index contributed by atoms with van der Waals surface area (Å²) in [6.07, 6.45) is 3.31. The minimum Gasteiger partial charge on any atom is -0.441 e. The van der Waals surface area contributed by atoms with Crippen molar-refractivity contribution in [3.8, 4) is 22.7 Å². The Bertz CT molecular complexity index is 1010. The number of aromatic nitrogens is 4. The van der Waals surface area contributed by atoms with Gasteiger partial charge in [0.1, 0.15) is 5.76 Å². The predicted octanol–water partition coefficient (Wildman–Crippen LogP) is 2.65. The van der Waals surface area contributed by atoms with Crippen LogP contribution in [0.1, 0.15) is 5.76 Å². The van der Waals surface area contributed by atoms with Gasteiger partial charge in [0.25, 0.3) is 5.56 Å². The molecule has 0 saturated heterocycles. The number of oxazole rings is 1. The highest BCUT2D eigenvalue weighted by atomic mass is 16.4. The van der Waals surface area contributed by atoms with E-state index in [1.165, 1.54) is 10.6 Å². The second-order valence-corrected chi connectivity index (χ2v) is 4.97. The number of aromatic amines is 1. The van der Waals surface area contributed by atoms with Gasteiger partial charge in [0.15, 0.2) is 5.65 Å². The van der Waals surface area contributed by atoms with Crippen LogP contribution in [0.25, 0.3) is 28.4 Å². The zero-order valence-corrected chi connectivity index (χ0v) is 11.8. The van der Waals surface area contributed by atoms with Gasteiger partial charge in [-0.3, -0.25) is 9.89 Å². The average molecular weight is 292 g/mol. The van der Waals surface area contributed by atoms with Gasteiger partial charge in [-0.05, 0) is 6.92 Å². The molecule has 1 N–H and O–H groups in total. The Morgan fingerprint density at radius 1 is 1.23 bits per heavy atom. The molecule has 0 amide bonds. The molecule has 108 valence electrons. The first-order valence-electron chi connectivity index (χ1n) is 6.82. The van der Waals surface area contributed by atoms with Gasteiger partial charge in [-0.25, -0.2) is 14.5 Å². The fourth-order valence-electron chi connectivity index (χ4n) is 2.37. The van der Waals surface area contributed by atoms with Crippen LogP contribution in [0.5, 0.6) is 0 Å². The van der Waals surface area contributed by atoms with Gasteiger partial charge in [0, 0.05) is 17.8 Å². The molecule has 0 atom stereocenters. The number of nitrogens with zero attached hydrogens (tertiary/aromatic N) is 3. The zero-order chi connectivity index (χ0) is 15.1. The van der Waals surface area contributed by atoms with E-state index in [1.807, 2.05) is 37.3 Å². The molecule has 4 rings (SSSR count). The Morgan fingerprint density at radius 3 is 2.77 bits per heavy atom. The van der Waals surface area contributed by atoms with Gasteiger partial charge in [-0.15, -0.1) is 0 Å². The van der Waals surface area contributed by atoms with Crippen molar-refractivity contribution in [1.82, 2.24) is 19.6 Å². The zero-order valence-electron chi connectivity index (χ0n) is 11.8. The van der Waals surface area contributed by atoms with Crippen LogP contribution in [0.15, 0.2) is 58.0 Å². The first kappa shape index (κ1) is 12.6. The Labute approximate surface area is 125 Å². The minimum atomic E-state index is -0.182. The maximum atomic E-state index is 12.3. The molecule has 4 aromatic rings. The van der Waals surface area contributed by atoms with Crippen molar-refractivity contribution in [2.45, 2.75) is 6.92 Å². The van der Waals surface area contributed by atoms with Crippen molar-refractivity contribution in [3.63, 3.8) is 0 Å². The Kier molecular flexibility index (Phi) is 2.69. The van der Waals surface area contributed by atoms with E-state index in [9.17, 15) is 4.79 Å². The monoisotopic (exact) mass is 292 g/mol. The highest BCUT2D eigenvalue weighted by Gasteiger charge is 2.15. The Balaban J connectivity index is 1.98. The number of H-pyrrole nitrogens is 1. The summed E-state index contributed by atoms with van der Waals surface area (Å²) < 4.78 is 6.91. The topological polar surface area (TPSA) is 76.2 Å². The Hall–Kier alpha value is -3.15. The van der Waals surface area contributed by atoms with Crippen LogP contribution in [0.3, 0.4) is 0 Å². The van der Waals surface area contributed by atoms with Gasteiger partial charge in [0.05, 0.1) is 17.5 Å². The summed E-state index contributed by atoms with van der Waals surface area (Å²) in [7, 11) is 0. The first-order chi connectivity index (χ1) is 10.7. The lowest BCUT2D eigenvalue weighted by molar-refractivity contribution is 0.543. The van der Waals surface area contributed by atoms with Crippen LogP contribution >= 0.6 is 0 Å². The van der Waals surface area contributed by atoms with Crippen molar-refractivity contribution >= 4 is 5.65 Å². The summed E-state index contributed by atoms with van der Waals surface area (Å²) in [5.41, 5.74) is 2.47. The second-order valence-electron chi connectivity index (χ2n) is 4.97. The highest BCUT2D eigenvalue weighted by molar-refractivity contribution is 5.73. The lowest BCUT2D eigenvalue weighted by Crippen LogP contribution is -2.14. The standard InChI is InChI=1S/C16H12N4O2/c1-10-8-17-16(22-10)12-9-18-20-14(21)7-13(19-15(12)20)11-5-3-2-4-6-11/h2-9,18H,1H3. The molecule has 0 aliphatic heterocycles. The molecule has 3 aromatic heterocycles. The smallest absolute Gasteiger partial charge is 0.273 e. The lowest BCUT2D eigenvalue weighted by atomic mass is 10.1. The van der Waals surface area contributed by atoms with Crippen molar-refractivity contribution in [3.05, 3.63) is 64.9 Å². The third-order valence-electron chi connectivity index (χ3n) is 3.42. The molecule has 0 aliphatic carbocycles. The fourth-order valence-corrected chi connectivity index (χ4v) is 2.37. The summed E-state index contributed by atoms with van der Waals surface area (Å²) >= 11 is 0. The van der Waals surface area contributed by atoms with Gasteiger partial charge >= 0.3 is 0 Å². The summed E-state index contributed by atoms with van der Waals surface area (Å²) in [6, 6.07) is 11.1. The molecule has 0 aliphatic rings. The van der Waals surface area contributed by atoms with Gasteiger partial charge in [-0.2, -0.15) is 0 Å². The quantitative estimate of drug-likeness (QED) is 0.616. The number of rotatable bonds is 2. The number of nitrogens with one attached hydrogen (secondary N) is 1. The minimum absolute atomic E-state index is 0.182. The number of fused-ring (bicyclic) bond motifs is 1. The van der Waals surface area contributed by atoms with E-state index in [1.54, 1.807) is 12.4 Å². The van der Waals surface area contributed by atoms with Crippen molar-refractivity contribution < 1.29 is 4.42 Å². The molecule has 0 radical (unpaired) electrons.